The van der Waals surface area contributed by atoms with Crippen LogP contribution in [-0.4, -0.2) is 48.7 Å². The van der Waals surface area contributed by atoms with E-state index in [4.69, 9.17) is 4.74 Å². The zero-order chi connectivity index (χ0) is 15.8. The number of rotatable bonds is 10. The van der Waals surface area contributed by atoms with Crippen LogP contribution in [0.2, 0.25) is 0 Å². The Morgan fingerprint density at radius 2 is 1.90 bits per heavy atom. The van der Waals surface area contributed by atoms with Crippen molar-refractivity contribution >= 4 is 5.97 Å². The molecule has 0 aliphatic carbocycles. The molecule has 0 radical (unpaired) electrons. The third-order valence-electron chi connectivity index (χ3n) is 3.99. The molecular formula is C16H34N2O2. The molecule has 0 aromatic carbocycles. The molecule has 0 saturated carbocycles. The second kappa shape index (κ2) is 9.35. The smallest absolute Gasteiger partial charge is 0.325 e. The van der Waals surface area contributed by atoms with E-state index < -0.39 is 5.54 Å². The largest absolute Gasteiger partial charge is 0.468 e. The molecule has 0 aromatic heterocycles. The van der Waals surface area contributed by atoms with Crippen molar-refractivity contribution < 1.29 is 9.53 Å². The van der Waals surface area contributed by atoms with E-state index in [0.29, 0.717) is 6.04 Å². The molecule has 4 nitrogen and oxygen atoms in total. The van der Waals surface area contributed by atoms with Crippen molar-refractivity contribution in [1.29, 1.82) is 0 Å². The molecule has 120 valence electrons. The molecule has 0 heterocycles. The lowest BCUT2D eigenvalue weighted by atomic mass is 9.94. The van der Waals surface area contributed by atoms with Crippen LogP contribution in [0.1, 0.15) is 60.8 Å². The van der Waals surface area contributed by atoms with Crippen LogP contribution in [0.4, 0.5) is 0 Å². The average Bonchev–Trinajstić information content (AvgIpc) is 2.41. The molecule has 4 heteroatoms. The third kappa shape index (κ3) is 6.23. The molecule has 0 aliphatic heterocycles. The SMILES string of the molecule is CCC(C)N(CC)CCCC(C)(NC(C)C)C(=O)OC. The van der Waals surface area contributed by atoms with Gasteiger partial charge in [-0.25, -0.2) is 0 Å². The summed E-state index contributed by atoms with van der Waals surface area (Å²) in [6.45, 7) is 14.8. The first-order valence-electron chi connectivity index (χ1n) is 7.90. The van der Waals surface area contributed by atoms with Gasteiger partial charge >= 0.3 is 5.97 Å². The molecule has 0 fully saturated rings. The van der Waals surface area contributed by atoms with Crippen molar-refractivity contribution in [2.24, 2.45) is 0 Å². The van der Waals surface area contributed by atoms with Crippen LogP contribution in [0.3, 0.4) is 0 Å². The van der Waals surface area contributed by atoms with Gasteiger partial charge in [-0.1, -0.05) is 13.8 Å². The number of carbonyl (C=O) groups excluding carboxylic acids is 1. The van der Waals surface area contributed by atoms with Crippen LogP contribution in [0.5, 0.6) is 0 Å². The Labute approximate surface area is 125 Å². The van der Waals surface area contributed by atoms with Gasteiger partial charge in [0.2, 0.25) is 0 Å². The summed E-state index contributed by atoms with van der Waals surface area (Å²) in [5.41, 5.74) is -0.586. The number of carbonyl (C=O) groups is 1. The van der Waals surface area contributed by atoms with Crippen molar-refractivity contribution in [3.63, 3.8) is 0 Å². The molecular weight excluding hydrogens is 252 g/mol. The van der Waals surface area contributed by atoms with Crippen LogP contribution in [0.25, 0.3) is 0 Å². The highest BCUT2D eigenvalue weighted by Crippen LogP contribution is 2.17. The zero-order valence-electron chi connectivity index (χ0n) is 14.5. The quantitative estimate of drug-likeness (QED) is 0.627. The van der Waals surface area contributed by atoms with Crippen LogP contribution in [0.15, 0.2) is 0 Å². The maximum atomic E-state index is 12.0. The van der Waals surface area contributed by atoms with E-state index >= 15 is 0 Å². The van der Waals surface area contributed by atoms with Gasteiger partial charge in [0.15, 0.2) is 0 Å². The van der Waals surface area contributed by atoms with Gasteiger partial charge in [-0.2, -0.15) is 0 Å². The molecule has 0 bridgehead atoms. The van der Waals surface area contributed by atoms with Crippen molar-refractivity contribution in [3.8, 4) is 0 Å². The number of nitrogens with zero attached hydrogens (tertiary/aromatic N) is 1. The van der Waals surface area contributed by atoms with Crippen molar-refractivity contribution in [2.75, 3.05) is 20.2 Å². The van der Waals surface area contributed by atoms with Gasteiger partial charge in [-0.05, 0) is 60.0 Å². The Bertz CT molecular complexity index is 282. The van der Waals surface area contributed by atoms with Crippen LogP contribution >= 0.6 is 0 Å². The molecule has 2 atom stereocenters. The monoisotopic (exact) mass is 286 g/mol. The van der Waals surface area contributed by atoms with Crippen molar-refractivity contribution in [3.05, 3.63) is 0 Å². The topological polar surface area (TPSA) is 41.6 Å². The number of methoxy groups -OCH3 is 1. The van der Waals surface area contributed by atoms with E-state index in [2.05, 4.69) is 44.8 Å². The van der Waals surface area contributed by atoms with Crippen molar-refractivity contribution in [2.45, 2.75) is 78.4 Å². The highest BCUT2D eigenvalue weighted by Gasteiger charge is 2.34. The summed E-state index contributed by atoms with van der Waals surface area (Å²) in [6.07, 6.45) is 2.95. The van der Waals surface area contributed by atoms with Crippen LogP contribution in [0, 0.1) is 0 Å². The molecule has 20 heavy (non-hydrogen) atoms. The first-order valence-corrected chi connectivity index (χ1v) is 7.90. The first kappa shape index (κ1) is 19.4. The Hall–Kier alpha value is -0.610. The van der Waals surface area contributed by atoms with Gasteiger partial charge in [0.05, 0.1) is 7.11 Å². The number of esters is 1. The minimum Gasteiger partial charge on any atom is -0.468 e. The summed E-state index contributed by atoms with van der Waals surface area (Å²) in [7, 11) is 1.46. The van der Waals surface area contributed by atoms with E-state index in [9.17, 15) is 4.79 Å². The molecule has 0 amide bonds. The van der Waals surface area contributed by atoms with Crippen LogP contribution < -0.4 is 5.32 Å². The maximum absolute atomic E-state index is 12.0. The summed E-state index contributed by atoms with van der Waals surface area (Å²) in [5, 5.41) is 3.35. The van der Waals surface area contributed by atoms with E-state index in [1.54, 1.807) is 0 Å². The van der Waals surface area contributed by atoms with E-state index in [1.807, 2.05) is 6.92 Å². The summed E-state index contributed by atoms with van der Waals surface area (Å²) < 4.78 is 4.95. The number of ether oxygens (including phenoxy) is 1. The van der Waals surface area contributed by atoms with Gasteiger partial charge < -0.3 is 9.64 Å². The molecule has 2 unspecified atom stereocenters. The summed E-state index contributed by atoms with van der Waals surface area (Å²) >= 11 is 0. The highest BCUT2D eigenvalue weighted by atomic mass is 16.5. The van der Waals surface area contributed by atoms with E-state index in [-0.39, 0.29) is 12.0 Å². The fourth-order valence-corrected chi connectivity index (χ4v) is 2.68. The summed E-state index contributed by atoms with van der Waals surface area (Å²) in [5.74, 6) is -0.169. The molecule has 1 N–H and O–H groups in total. The van der Waals surface area contributed by atoms with Gasteiger partial charge in [0, 0.05) is 12.1 Å². The second-order valence-electron chi connectivity index (χ2n) is 6.11. The summed E-state index contributed by atoms with van der Waals surface area (Å²) in [6, 6.07) is 0.860. The molecule has 0 saturated heterocycles. The fraction of sp³-hybridized carbons (Fsp3) is 0.938. The minimum atomic E-state index is -0.586. The zero-order valence-corrected chi connectivity index (χ0v) is 14.5. The summed E-state index contributed by atoms with van der Waals surface area (Å²) in [4.78, 5) is 14.5. The lowest BCUT2D eigenvalue weighted by Gasteiger charge is -2.32. The van der Waals surface area contributed by atoms with Gasteiger partial charge in [-0.15, -0.1) is 0 Å². The highest BCUT2D eigenvalue weighted by molar-refractivity contribution is 5.80. The Morgan fingerprint density at radius 3 is 2.30 bits per heavy atom. The molecule has 0 rings (SSSR count). The van der Waals surface area contributed by atoms with Gasteiger partial charge in [-0.3, -0.25) is 10.1 Å². The van der Waals surface area contributed by atoms with Gasteiger partial charge in [0.25, 0.3) is 0 Å². The number of nitrogens with one attached hydrogen (secondary N) is 1. The second-order valence-corrected chi connectivity index (χ2v) is 6.11. The normalized spacial score (nSPS) is 16.2. The van der Waals surface area contributed by atoms with Crippen LogP contribution in [-0.2, 0) is 9.53 Å². The predicted molar refractivity (Wildman–Crippen MR) is 84.9 cm³/mol. The predicted octanol–water partition coefficient (Wildman–Crippen LogP) is 2.82. The van der Waals surface area contributed by atoms with E-state index in [1.165, 1.54) is 7.11 Å². The molecule has 0 aliphatic rings. The molecule has 0 spiro atoms. The lowest BCUT2D eigenvalue weighted by Crippen LogP contribution is -2.53. The number of hydrogen-bond acceptors (Lipinski definition) is 4. The number of hydrogen-bond donors (Lipinski definition) is 1. The third-order valence-corrected chi connectivity index (χ3v) is 3.99. The maximum Gasteiger partial charge on any atom is 0.325 e. The lowest BCUT2D eigenvalue weighted by molar-refractivity contribution is -0.148. The average molecular weight is 286 g/mol. The van der Waals surface area contributed by atoms with Gasteiger partial charge in [0.1, 0.15) is 5.54 Å². The van der Waals surface area contributed by atoms with E-state index in [0.717, 1.165) is 32.4 Å². The minimum absolute atomic E-state index is 0.169. The fourth-order valence-electron chi connectivity index (χ4n) is 2.68. The Balaban J connectivity index is 4.50. The Kier molecular flexibility index (Phi) is 9.06. The Morgan fingerprint density at radius 1 is 1.30 bits per heavy atom. The van der Waals surface area contributed by atoms with Crippen molar-refractivity contribution in [1.82, 2.24) is 10.2 Å². The molecule has 0 aromatic rings. The standard InChI is InChI=1S/C16H34N2O2/c1-8-14(5)18(9-2)12-10-11-16(6,15(19)20-7)17-13(3)4/h13-14,17H,8-12H2,1-7H3. The first-order chi connectivity index (χ1) is 9.30.